The monoisotopic (exact) mass is 290 g/mol. The van der Waals surface area contributed by atoms with Gasteiger partial charge in [0.15, 0.2) is 10.4 Å². The van der Waals surface area contributed by atoms with Gasteiger partial charge >= 0.3 is 0 Å². The molecule has 0 aliphatic heterocycles. The third-order valence-corrected chi connectivity index (χ3v) is 4.56. The Hall–Kier alpha value is -1.53. The fourth-order valence-corrected chi connectivity index (χ4v) is 3.14. The van der Waals surface area contributed by atoms with Crippen LogP contribution in [0.3, 0.4) is 0 Å². The standard InChI is InChI=1S/C13H14N4S2/c1-3-9-6-15-10(19-9)7-17-12-11(16-13(17)18)8(2)4-5-14-12/h4-6H,3,7H2,1-2H3,(H,16,18). The van der Waals surface area contributed by atoms with Gasteiger partial charge in [-0.2, -0.15) is 0 Å². The molecule has 0 aliphatic carbocycles. The molecule has 0 fully saturated rings. The van der Waals surface area contributed by atoms with Gasteiger partial charge in [0, 0.05) is 17.3 Å². The molecular weight excluding hydrogens is 276 g/mol. The quantitative estimate of drug-likeness (QED) is 0.751. The minimum atomic E-state index is 0.681. The van der Waals surface area contributed by atoms with Crippen molar-refractivity contribution in [2.75, 3.05) is 0 Å². The molecule has 1 N–H and O–H groups in total. The molecule has 0 amide bonds. The van der Waals surface area contributed by atoms with Crippen LogP contribution in [0.25, 0.3) is 11.2 Å². The lowest BCUT2D eigenvalue weighted by Crippen LogP contribution is -2.00. The molecule has 19 heavy (non-hydrogen) atoms. The van der Waals surface area contributed by atoms with Crippen LogP contribution in [0, 0.1) is 11.7 Å². The first kappa shape index (κ1) is 12.5. The lowest BCUT2D eigenvalue weighted by atomic mass is 10.3. The maximum Gasteiger partial charge on any atom is 0.179 e. The largest absolute Gasteiger partial charge is 0.329 e. The summed E-state index contributed by atoms with van der Waals surface area (Å²) in [6.45, 7) is 4.87. The highest BCUT2D eigenvalue weighted by Crippen LogP contribution is 2.19. The van der Waals surface area contributed by atoms with Gasteiger partial charge in [0.2, 0.25) is 0 Å². The SMILES string of the molecule is CCc1cnc(Cn2c(=S)[nH]c3c(C)ccnc32)s1. The molecule has 0 saturated heterocycles. The summed E-state index contributed by atoms with van der Waals surface area (Å²) in [5.74, 6) is 0. The van der Waals surface area contributed by atoms with Crippen LogP contribution >= 0.6 is 23.6 Å². The summed E-state index contributed by atoms with van der Waals surface area (Å²) in [6, 6.07) is 1.98. The van der Waals surface area contributed by atoms with E-state index in [9.17, 15) is 0 Å². The second-order valence-electron chi connectivity index (χ2n) is 4.42. The second kappa shape index (κ2) is 4.86. The van der Waals surface area contributed by atoms with Gasteiger partial charge < -0.3 is 4.98 Å². The summed E-state index contributed by atoms with van der Waals surface area (Å²) in [6.07, 6.45) is 4.78. The van der Waals surface area contributed by atoms with E-state index in [-0.39, 0.29) is 0 Å². The third-order valence-electron chi connectivity index (χ3n) is 3.12. The average Bonchev–Trinajstić information content (AvgIpc) is 2.97. The average molecular weight is 290 g/mol. The number of aromatic amines is 1. The Morgan fingerprint density at radius 3 is 3.00 bits per heavy atom. The molecule has 98 valence electrons. The van der Waals surface area contributed by atoms with Crippen molar-refractivity contribution >= 4 is 34.7 Å². The number of nitrogens with one attached hydrogen (secondary N) is 1. The number of hydrogen-bond acceptors (Lipinski definition) is 4. The lowest BCUT2D eigenvalue weighted by molar-refractivity contribution is 0.794. The molecule has 3 aromatic heterocycles. The van der Waals surface area contributed by atoms with Gasteiger partial charge in [0.1, 0.15) is 5.01 Å². The first-order valence-electron chi connectivity index (χ1n) is 6.16. The number of H-pyrrole nitrogens is 1. The summed E-state index contributed by atoms with van der Waals surface area (Å²) in [4.78, 5) is 13.4. The number of imidazole rings is 1. The summed E-state index contributed by atoms with van der Waals surface area (Å²) >= 11 is 7.12. The maximum atomic E-state index is 5.39. The van der Waals surface area contributed by atoms with Crippen LogP contribution in [-0.2, 0) is 13.0 Å². The predicted molar refractivity (Wildman–Crippen MR) is 80.2 cm³/mol. The molecule has 0 aromatic carbocycles. The molecule has 4 nitrogen and oxygen atoms in total. The van der Waals surface area contributed by atoms with E-state index in [0.29, 0.717) is 11.3 Å². The Kier molecular flexibility index (Phi) is 3.20. The number of aromatic nitrogens is 4. The van der Waals surface area contributed by atoms with Crippen molar-refractivity contribution in [2.24, 2.45) is 0 Å². The lowest BCUT2D eigenvalue weighted by Gasteiger charge is -2.01. The van der Waals surface area contributed by atoms with Crippen molar-refractivity contribution in [1.82, 2.24) is 19.5 Å². The molecule has 0 saturated carbocycles. The molecule has 0 bridgehead atoms. The van der Waals surface area contributed by atoms with Crippen molar-refractivity contribution in [1.29, 1.82) is 0 Å². The van der Waals surface area contributed by atoms with E-state index in [2.05, 4.69) is 28.8 Å². The van der Waals surface area contributed by atoms with Gasteiger partial charge in [-0.1, -0.05) is 6.92 Å². The Labute approximate surface area is 120 Å². The normalized spacial score (nSPS) is 11.3. The van der Waals surface area contributed by atoms with Crippen LogP contribution in [-0.4, -0.2) is 19.5 Å². The third kappa shape index (κ3) is 2.21. The van der Waals surface area contributed by atoms with Crippen LogP contribution in [0.2, 0.25) is 0 Å². The van der Waals surface area contributed by atoms with E-state index in [4.69, 9.17) is 12.2 Å². The van der Waals surface area contributed by atoms with Crippen LogP contribution in [0.1, 0.15) is 22.4 Å². The van der Waals surface area contributed by atoms with Crippen molar-refractivity contribution < 1.29 is 0 Å². The molecule has 6 heteroatoms. The topological polar surface area (TPSA) is 46.5 Å². The zero-order valence-electron chi connectivity index (χ0n) is 10.8. The molecule has 0 unspecified atom stereocenters. The summed E-state index contributed by atoms with van der Waals surface area (Å²) < 4.78 is 2.71. The minimum Gasteiger partial charge on any atom is -0.329 e. The smallest absolute Gasteiger partial charge is 0.179 e. The molecular formula is C13H14N4S2. The van der Waals surface area contributed by atoms with Gasteiger partial charge in [-0.25, -0.2) is 9.97 Å². The Balaban J connectivity index is 2.07. The fourth-order valence-electron chi connectivity index (χ4n) is 2.04. The van der Waals surface area contributed by atoms with Gasteiger partial charge in [-0.3, -0.25) is 4.57 Å². The maximum absolute atomic E-state index is 5.39. The van der Waals surface area contributed by atoms with E-state index in [1.807, 2.05) is 23.0 Å². The van der Waals surface area contributed by atoms with Crippen molar-refractivity contribution in [3.05, 3.63) is 38.7 Å². The number of nitrogens with zero attached hydrogens (tertiary/aromatic N) is 3. The first-order chi connectivity index (χ1) is 9.19. The summed E-state index contributed by atoms with van der Waals surface area (Å²) in [5.41, 5.74) is 3.07. The zero-order valence-corrected chi connectivity index (χ0v) is 12.4. The van der Waals surface area contributed by atoms with Gasteiger partial charge in [-0.15, -0.1) is 11.3 Å². The summed E-state index contributed by atoms with van der Waals surface area (Å²) in [7, 11) is 0. The van der Waals surface area contributed by atoms with Crippen molar-refractivity contribution in [3.63, 3.8) is 0 Å². The van der Waals surface area contributed by atoms with E-state index in [0.717, 1.165) is 28.2 Å². The number of pyridine rings is 1. The number of rotatable bonds is 3. The van der Waals surface area contributed by atoms with Gasteiger partial charge in [0.05, 0.1) is 12.1 Å². The Bertz CT molecular complexity index is 781. The van der Waals surface area contributed by atoms with Crippen LogP contribution in [0.15, 0.2) is 18.5 Å². The molecule has 3 rings (SSSR count). The van der Waals surface area contributed by atoms with Crippen LogP contribution in [0.4, 0.5) is 0 Å². The second-order valence-corrected chi connectivity index (χ2v) is 6.00. The molecule has 3 aromatic rings. The summed E-state index contributed by atoms with van der Waals surface area (Å²) in [5, 5.41) is 1.07. The fraction of sp³-hybridized carbons (Fsp3) is 0.308. The Morgan fingerprint density at radius 2 is 2.26 bits per heavy atom. The highest BCUT2D eigenvalue weighted by molar-refractivity contribution is 7.71. The van der Waals surface area contributed by atoms with E-state index in [1.165, 1.54) is 4.88 Å². The number of fused-ring (bicyclic) bond motifs is 1. The molecule has 3 heterocycles. The highest BCUT2D eigenvalue weighted by Gasteiger charge is 2.09. The van der Waals surface area contributed by atoms with E-state index < -0.39 is 0 Å². The number of hydrogen-bond donors (Lipinski definition) is 1. The number of thiazole rings is 1. The van der Waals surface area contributed by atoms with Gasteiger partial charge in [0.25, 0.3) is 0 Å². The van der Waals surface area contributed by atoms with E-state index >= 15 is 0 Å². The van der Waals surface area contributed by atoms with Crippen molar-refractivity contribution in [3.8, 4) is 0 Å². The first-order valence-corrected chi connectivity index (χ1v) is 7.39. The highest BCUT2D eigenvalue weighted by atomic mass is 32.1. The molecule has 0 aliphatic rings. The Morgan fingerprint density at radius 1 is 1.42 bits per heavy atom. The molecule has 0 radical (unpaired) electrons. The van der Waals surface area contributed by atoms with Gasteiger partial charge in [-0.05, 0) is 37.2 Å². The molecule has 0 spiro atoms. The van der Waals surface area contributed by atoms with Crippen LogP contribution < -0.4 is 0 Å². The van der Waals surface area contributed by atoms with Crippen LogP contribution in [0.5, 0.6) is 0 Å². The minimum absolute atomic E-state index is 0.681. The van der Waals surface area contributed by atoms with Crippen molar-refractivity contribution in [2.45, 2.75) is 26.8 Å². The van der Waals surface area contributed by atoms with E-state index in [1.54, 1.807) is 11.3 Å². The number of aryl methyl sites for hydroxylation is 2. The zero-order chi connectivity index (χ0) is 13.4. The molecule has 0 atom stereocenters. The predicted octanol–water partition coefficient (Wildman–Crippen LogP) is 3.47.